The van der Waals surface area contributed by atoms with Gasteiger partial charge < -0.3 is 16.2 Å². The molecule has 4 nitrogen and oxygen atoms in total. The highest BCUT2D eigenvalue weighted by Crippen LogP contribution is 2.25. The maximum absolute atomic E-state index is 11.9. The molecule has 0 heterocycles. The van der Waals surface area contributed by atoms with Gasteiger partial charge in [0.2, 0.25) is 5.91 Å². The van der Waals surface area contributed by atoms with Crippen molar-refractivity contribution in [1.82, 2.24) is 0 Å². The lowest BCUT2D eigenvalue weighted by atomic mass is 10.0. The molecule has 2 rings (SSSR count). The van der Waals surface area contributed by atoms with E-state index in [4.69, 9.17) is 10.8 Å². The summed E-state index contributed by atoms with van der Waals surface area (Å²) in [6.07, 6.45) is 2.81. The molecule has 1 aromatic carbocycles. The van der Waals surface area contributed by atoms with Gasteiger partial charge in [-0.1, -0.05) is 6.42 Å². The number of carbonyl (C=O) groups is 1. The van der Waals surface area contributed by atoms with Crippen LogP contribution in [0.5, 0.6) is 5.75 Å². The zero-order valence-corrected chi connectivity index (χ0v) is 9.02. The van der Waals surface area contributed by atoms with Gasteiger partial charge in [-0.15, -0.1) is 0 Å². The van der Waals surface area contributed by atoms with Gasteiger partial charge in [0.05, 0.1) is 5.92 Å². The van der Waals surface area contributed by atoms with E-state index >= 15 is 0 Å². The van der Waals surface area contributed by atoms with Gasteiger partial charge in [-0.25, -0.2) is 0 Å². The Labute approximate surface area is 94.5 Å². The molecule has 0 aromatic heterocycles. The zero-order chi connectivity index (χ0) is 11.5. The summed E-state index contributed by atoms with van der Waals surface area (Å²) in [5, 5.41) is 11.9. The molecular weight excluding hydrogens is 204 g/mol. The maximum atomic E-state index is 11.9. The lowest BCUT2D eigenvalue weighted by molar-refractivity contribution is -0.120. The fraction of sp³-hybridized carbons (Fsp3) is 0.417. The topological polar surface area (TPSA) is 75.4 Å². The van der Waals surface area contributed by atoms with E-state index in [1.807, 2.05) is 0 Å². The molecule has 1 fully saturated rings. The highest BCUT2D eigenvalue weighted by Gasteiger charge is 2.30. The van der Waals surface area contributed by atoms with Gasteiger partial charge in [0.1, 0.15) is 5.75 Å². The van der Waals surface area contributed by atoms with Crippen molar-refractivity contribution in [3.8, 4) is 5.75 Å². The normalized spacial score (nSPS) is 24.3. The Balaban J connectivity index is 1.99. The summed E-state index contributed by atoms with van der Waals surface area (Å²) in [4.78, 5) is 11.9. The quantitative estimate of drug-likeness (QED) is 0.660. The van der Waals surface area contributed by atoms with Crippen molar-refractivity contribution in [3.63, 3.8) is 0 Å². The molecule has 0 saturated heterocycles. The number of nitrogens with one attached hydrogen (secondary N) is 1. The van der Waals surface area contributed by atoms with Crippen molar-refractivity contribution in [2.75, 3.05) is 5.32 Å². The number of amides is 1. The van der Waals surface area contributed by atoms with Crippen LogP contribution >= 0.6 is 0 Å². The van der Waals surface area contributed by atoms with E-state index in [0.29, 0.717) is 5.69 Å². The minimum absolute atomic E-state index is 0.0166. The number of nitrogens with two attached hydrogens (primary N) is 1. The lowest BCUT2D eigenvalue weighted by Gasteiger charge is -2.15. The fourth-order valence-electron chi connectivity index (χ4n) is 2.09. The molecule has 4 heteroatoms. The second kappa shape index (κ2) is 4.53. The van der Waals surface area contributed by atoms with E-state index < -0.39 is 0 Å². The number of aromatic hydroxyl groups is 1. The molecule has 86 valence electrons. The molecular formula is C12H16N2O2. The first-order valence-corrected chi connectivity index (χ1v) is 5.52. The molecule has 1 amide bonds. The Morgan fingerprint density at radius 3 is 2.56 bits per heavy atom. The largest absolute Gasteiger partial charge is 0.508 e. The molecule has 4 N–H and O–H groups in total. The minimum atomic E-state index is -0.0752. The van der Waals surface area contributed by atoms with Gasteiger partial charge in [-0.3, -0.25) is 4.79 Å². The summed E-state index contributed by atoms with van der Waals surface area (Å²) in [6.45, 7) is 0. The van der Waals surface area contributed by atoms with Crippen molar-refractivity contribution in [2.24, 2.45) is 11.7 Å². The van der Waals surface area contributed by atoms with Crippen LogP contribution in [0.4, 0.5) is 5.69 Å². The second-order valence-electron chi connectivity index (χ2n) is 4.24. The number of hydrogen-bond donors (Lipinski definition) is 3. The molecule has 1 aliphatic rings. The van der Waals surface area contributed by atoms with Gasteiger partial charge >= 0.3 is 0 Å². The SMILES string of the molecule is NC1CCCC1C(=O)Nc1ccc(O)cc1. The molecule has 0 bridgehead atoms. The maximum Gasteiger partial charge on any atom is 0.229 e. The number of hydrogen-bond acceptors (Lipinski definition) is 3. The molecule has 2 atom stereocenters. The number of rotatable bonds is 2. The lowest BCUT2D eigenvalue weighted by Crippen LogP contribution is -2.34. The molecule has 2 unspecified atom stereocenters. The van der Waals surface area contributed by atoms with Gasteiger partial charge in [0.25, 0.3) is 0 Å². The highest BCUT2D eigenvalue weighted by molar-refractivity contribution is 5.93. The summed E-state index contributed by atoms with van der Waals surface area (Å²) in [6, 6.07) is 6.42. The Bertz CT molecular complexity index is 375. The average Bonchev–Trinajstić information content (AvgIpc) is 2.68. The van der Waals surface area contributed by atoms with E-state index in [1.165, 1.54) is 0 Å². The molecule has 1 aliphatic carbocycles. The molecule has 1 saturated carbocycles. The van der Waals surface area contributed by atoms with Crippen molar-refractivity contribution < 1.29 is 9.90 Å². The van der Waals surface area contributed by atoms with E-state index in [-0.39, 0.29) is 23.6 Å². The number of benzene rings is 1. The first-order chi connectivity index (χ1) is 7.66. The van der Waals surface area contributed by atoms with Crippen LogP contribution in [-0.4, -0.2) is 17.1 Å². The monoisotopic (exact) mass is 220 g/mol. The molecule has 0 spiro atoms. The van der Waals surface area contributed by atoms with Gasteiger partial charge in [-0.05, 0) is 37.1 Å². The van der Waals surface area contributed by atoms with Crippen LogP contribution in [-0.2, 0) is 4.79 Å². The standard InChI is InChI=1S/C12H16N2O2/c13-11-3-1-2-10(11)12(16)14-8-4-6-9(15)7-5-8/h4-7,10-11,15H,1-3,13H2,(H,14,16). The summed E-state index contributed by atoms with van der Waals surface area (Å²) < 4.78 is 0. The number of phenols is 1. The van der Waals surface area contributed by atoms with E-state index in [9.17, 15) is 4.79 Å². The number of carbonyl (C=O) groups excluding carboxylic acids is 1. The third-order valence-electron chi connectivity index (χ3n) is 3.04. The van der Waals surface area contributed by atoms with Crippen LogP contribution < -0.4 is 11.1 Å². The van der Waals surface area contributed by atoms with Crippen LogP contribution in [0.25, 0.3) is 0 Å². The fourth-order valence-corrected chi connectivity index (χ4v) is 2.09. The van der Waals surface area contributed by atoms with Crippen molar-refractivity contribution in [3.05, 3.63) is 24.3 Å². The van der Waals surface area contributed by atoms with Gasteiger partial charge in [0, 0.05) is 11.7 Å². The predicted octanol–water partition coefficient (Wildman–Crippen LogP) is 1.46. The molecule has 1 aromatic rings. The van der Waals surface area contributed by atoms with Crippen molar-refractivity contribution in [2.45, 2.75) is 25.3 Å². The Morgan fingerprint density at radius 2 is 2.00 bits per heavy atom. The second-order valence-corrected chi connectivity index (χ2v) is 4.24. The molecule has 0 radical (unpaired) electrons. The number of phenolic OH excluding ortho intramolecular Hbond substituents is 1. The first kappa shape index (κ1) is 11.0. The highest BCUT2D eigenvalue weighted by atomic mass is 16.3. The van der Waals surface area contributed by atoms with E-state index in [2.05, 4.69) is 5.32 Å². The van der Waals surface area contributed by atoms with E-state index in [0.717, 1.165) is 19.3 Å². The predicted molar refractivity (Wildman–Crippen MR) is 62.1 cm³/mol. The minimum Gasteiger partial charge on any atom is -0.508 e. The van der Waals surface area contributed by atoms with Crippen molar-refractivity contribution in [1.29, 1.82) is 0 Å². The zero-order valence-electron chi connectivity index (χ0n) is 9.02. The molecule has 16 heavy (non-hydrogen) atoms. The van der Waals surface area contributed by atoms with Crippen LogP contribution in [0.2, 0.25) is 0 Å². The van der Waals surface area contributed by atoms with Gasteiger partial charge in [0.15, 0.2) is 0 Å². The van der Waals surface area contributed by atoms with Gasteiger partial charge in [-0.2, -0.15) is 0 Å². The Kier molecular flexibility index (Phi) is 3.10. The summed E-state index contributed by atoms with van der Waals surface area (Å²) >= 11 is 0. The third kappa shape index (κ3) is 2.33. The van der Waals surface area contributed by atoms with Crippen LogP contribution in [0.3, 0.4) is 0 Å². The summed E-state index contributed by atoms with van der Waals surface area (Å²) in [5.41, 5.74) is 6.55. The Morgan fingerprint density at radius 1 is 1.31 bits per heavy atom. The van der Waals surface area contributed by atoms with E-state index in [1.54, 1.807) is 24.3 Å². The Hall–Kier alpha value is -1.55. The number of anilines is 1. The molecule has 0 aliphatic heterocycles. The smallest absolute Gasteiger partial charge is 0.229 e. The van der Waals surface area contributed by atoms with Crippen LogP contribution in [0, 0.1) is 5.92 Å². The van der Waals surface area contributed by atoms with Crippen LogP contribution in [0.15, 0.2) is 24.3 Å². The summed E-state index contributed by atoms with van der Waals surface area (Å²) in [7, 11) is 0. The summed E-state index contributed by atoms with van der Waals surface area (Å²) in [5.74, 6) is 0.0973. The third-order valence-corrected chi connectivity index (χ3v) is 3.04. The van der Waals surface area contributed by atoms with Crippen LogP contribution in [0.1, 0.15) is 19.3 Å². The van der Waals surface area contributed by atoms with Crippen molar-refractivity contribution >= 4 is 11.6 Å². The average molecular weight is 220 g/mol. The first-order valence-electron chi connectivity index (χ1n) is 5.52.